The number of benzene rings is 2. The summed E-state index contributed by atoms with van der Waals surface area (Å²) in [4.78, 5) is 38.3. The van der Waals surface area contributed by atoms with Crippen molar-refractivity contribution in [1.82, 2.24) is 10.2 Å². The number of nitrogens with zero attached hydrogens (tertiary/aromatic N) is 1. The van der Waals surface area contributed by atoms with Crippen LogP contribution in [-0.4, -0.2) is 53.9 Å². The first-order valence-electron chi connectivity index (χ1n) is 12.0. The molecule has 1 saturated heterocycles. The predicted molar refractivity (Wildman–Crippen MR) is 128 cm³/mol. The van der Waals surface area contributed by atoms with Crippen molar-refractivity contribution in [1.29, 1.82) is 0 Å². The number of hydrogen-bond acceptors (Lipinski definition) is 6. The number of hydrogen-bond donors (Lipinski definition) is 1. The van der Waals surface area contributed by atoms with Crippen LogP contribution in [0.4, 0.5) is 9.59 Å². The van der Waals surface area contributed by atoms with Crippen LogP contribution in [0.5, 0.6) is 0 Å². The first-order chi connectivity index (χ1) is 16.6. The first kappa shape index (κ1) is 24.6. The second kappa shape index (κ2) is 9.98. The molecule has 186 valence electrons. The molecule has 2 amide bonds. The first-order valence-corrected chi connectivity index (χ1v) is 12.0. The smallest absolute Gasteiger partial charge is 0.410 e. The molecule has 4 rings (SSSR count). The highest BCUT2D eigenvalue weighted by atomic mass is 16.6. The van der Waals surface area contributed by atoms with Crippen molar-refractivity contribution in [3.8, 4) is 11.1 Å². The molecule has 2 atom stereocenters. The maximum atomic E-state index is 13.0. The fourth-order valence-electron chi connectivity index (χ4n) is 4.93. The van der Waals surface area contributed by atoms with E-state index in [4.69, 9.17) is 9.47 Å². The number of fused-ring (bicyclic) bond motifs is 3. The molecule has 0 radical (unpaired) electrons. The number of amides is 2. The van der Waals surface area contributed by atoms with Crippen LogP contribution in [0.3, 0.4) is 0 Å². The van der Waals surface area contributed by atoms with Crippen molar-refractivity contribution in [3.05, 3.63) is 59.7 Å². The Morgan fingerprint density at radius 2 is 1.66 bits per heavy atom. The third kappa shape index (κ3) is 5.58. The van der Waals surface area contributed by atoms with Crippen LogP contribution >= 0.6 is 0 Å². The van der Waals surface area contributed by atoms with Gasteiger partial charge in [0.1, 0.15) is 12.2 Å². The summed E-state index contributed by atoms with van der Waals surface area (Å²) in [6.45, 7) is 5.73. The summed E-state index contributed by atoms with van der Waals surface area (Å²) in [5.74, 6) is -1.48. The van der Waals surface area contributed by atoms with Gasteiger partial charge in [0.2, 0.25) is 0 Å². The lowest BCUT2D eigenvalue weighted by Crippen LogP contribution is -2.52. The lowest BCUT2D eigenvalue weighted by atomic mass is 9.98. The number of nitrogens with one attached hydrogen (secondary N) is 1. The number of ether oxygens (including phenoxy) is 2. The molecule has 0 spiro atoms. The molecular weight excluding hydrogens is 448 g/mol. The monoisotopic (exact) mass is 479 g/mol. The van der Waals surface area contributed by atoms with E-state index in [0.29, 0.717) is 13.0 Å². The second-order valence-electron chi connectivity index (χ2n) is 10.0. The van der Waals surface area contributed by atoms with Gasteiger partial charge in [0.25, 0.3) is 0 Å². The minimum absolute atomic E-state index is 0.0196. The maximum Gasteiger partial charge on any atom is 0.410 e. The Labute approximate surface area is 205 Å². The highest BCUT2D eigenvalue weighted by Gasteiger charge is 2.35. The number of carboxylic acid groups (broad SMARTS) is 1. The second-order valence-corrected chi connectivity index (χ2v) is 10.0. The molecule has 8 heteroatoms. The zero-order valence-electron chi connectivity index (χ0n) is 20.3. The van der Waals surface area contributed by atoms with Crippen LogP contribution in [0.2, 0.25) is 0 Å². The summed E-state index contributed by atoms with van der Waals surface area (Å²) in [5.41, 5.74) is 3.78. The molecule has 1 aliphatic carbocycles. The minimum atomic E-state index is -1.42. The largest absolute Gasteiger partial charge is 0.548 e. The van der Waals surface area contributed by atoms with Crippen molar-refractivity contribution < 1.29 is 29.0 Å². The molecule has 1 heterocycles. The molecule has 8 nitrogen and oxygen atoms in total. The van der Waals surface area contributed by atoms with Crippen molar-refractivity contribution in [2.24, 2.45) is 0 Å². The third-order valence-electron chi connectivity index (χ3n) is 6.43. The van der Waals surface area contributed by atoms with Crippen LogP contribution < -0.4 is 10.4 Å². The zero-order chi connectivity index (χ0) is 25.2. The van der Waals surface area contributed by atoms with Gasteiger partial charge in [0.15, 0.2) is 0 Å². The molecule has 0 saturated carbocycles. The van der Waals surface area contributed by atoms with E-state index in [0.717, 1.165) is 28.7 Å². The van der Waals surface area contributed by atoms with Gasteiger partial charge in [-0.1, -0.05) is 48.5 Å². The molecule has 0 unspecified atom stereocenters. The Morgan fingerprint density at radius 3 is 2.23 bits per heavy atom. The van der Waals surface area contributed by atoms with Gasteiger partial charge < -0.3 is 29.6 Å². The average Bonchev–Trinajstić information content (AvgIpc) is 3.38. The van der Waals surface area contributed by atoms with Crippen molar-refractivity contribution in [2.75, 3.05) is 13.2 Å². The van der Waals surface area contributed by atoms with E-state index >= 15 is 0 Å². The molecular formula is C27H31N2O6-. The van der Waals surface area contributed by atoms with Gasteiger partial charge in [0.05, 0.1) is 12.0 Å². The molecule has 2 aliphatic rings. The normalized spacial score (nSPS) is 17.9. The van der Waals surface area contributed by atoms with Gasteiger partial charge in [-0.2, -0.15) is 0 Å². The van der Waals surface area contributed by atoms with Crippen molar-refractivity contribution >= 4 is 18.2 Å². The quantitative estimate of drug-likeness (QED) is 0.680. The minimum Gasteiger partial charge on any atom is -0.548 e. The summed E-state index contributed by atoms with van der Waals surface area (Å²) in [7, 11) is 0. The third-order valence-corrected chi connectivity index (χ3v) is 6.43. The number of carbonyl (C=O) groups is 3. The standard InChI is InChI=1S/C27H32N2O6/c1-27(2,3)35-25(32)28-23(24(30)31)15-17-9-8-14-29(17)26(33)34-16-22-20-12-6-4-10-18(20)19-11-5-7-13-21(19)22/h4-7,10-13,17,22-23H,8-9,14-16H2,1-3H3,(H,28,32)(H,30,31)/p-1/t17-,23+/m1/s1. The Balaban J connectivity index is 1.40. The van der Waals surface area contributed by atoms with Crippen molar-refractivity contribution in [3.63, 3.8) is 0 Å². The topological polar surface area (TPSA) is 108 Å². The molecule has 1 aliphatic heterocycles. The van der Waals surface area contributed by atoms with Crippen LogP contribution in [0.1, 0.15) is 57.1 Å². The number of alkyl carbamates (subject to hydrolysis) is 1. The van der Waals surface area contributed by atoms with Crippen LogP contribution in [0.25, 0.3) is 11.1 Å². The van der Waals surface area contributed by atoms with E-state index in [2.05, 4.69) is 29.6 Å². The Hall–Kier alpha value is -3.55. The lowest BCUT2D eigenvalue weighted by Gasteiger charge is -2.30. The lowest BCUT2D eigenvalue weighted by molar-refractivity contribution is -0.308. The van der Waals surface area contributed by atoms with Gasteiger partial charge in [-0.3, -0.25) is 0 Å². The Bertz CT molecular complexity index is 1060. The highest BCUT2D eigenvalue weighted by molar-refractivity contribution is 5.80. The van der Waals surface area contributed by atoms with Gasteiger partial charge in [-0.25, -0.2) is 9.59 Å². The summed E-state index contributed by atoms with van der Waals surface area (Å²) in [5, 5.41) is 14.0. The number of carboxylic acids is 1. The van der Waals surface area contributed by atoms with Crippen molar-refractivity contribution in [2.45, 2.75) is 63.6 Å². The predicted octanol–water partition coefficient (Wildman–Crippen LogP) is 3.43. The van der Waals surface area contributed by atoms with E-state index in [9.17, 15) is 19.5 Å². The molecule has 0 bridgehead atoms. The summed E-state index contributed by atoms with van der Waals surface area (Å²) < 4.78 is 10.9. The molecule has 0 aromatic heterocycles. The van der Waals surface area contributed by atoms with Gasteiger partial charge in [-0.05, 0) is 62.3 Å². The molecule has 2 aromatic carbocycles. The fraction of sp³-hybridized carbons (Fsp3) is 0.444. The van der Waals surface area contributed by atoms with Gasteiger partial charge >= 0.3 is 12.2 Å². The number of carbonyl (C=O) groups excluding carboxylic acids is 3. The van der Waals surface area contributed by atoms with E-state index in [1.165, 1.54) is 0 Å². The molecule has 2 aromatic rings. The number of aliphatic carboxylic acids is 1. The van der Waals surface area contributed by atoms with Gasteiger partial charge in [-0.15, -0.1) is 0 Å². The summed E-state index contributed by atoms with van der Waals surface area (Å²) >= 11 is 0. The molecule has 1 fully saturated rings. The highest BCUT2D eigenvalue weighted by Crippen LogP contribution is 2.44. The van der Waals surface area contributed by atoms with Crippen LogP contribution in [0, 0.1) is 0 Å². The maximum absolute atomic E-state index is 13.0. The molecule has 1 N–H and O–H groups in total. The van der Waals surface area contributed by atoms with E-state index in [1.54, 1.807) is 25.7 Å². The van der Waals surface area contributed by atoms with E-state index in [-0.39, 0.29) is 25.0 Å². The van der Waals surface area contributed by atoms with E-state index < -0.39 is 29.8 Å². The number of rotatable bonds is 6. The number of likely N-dealkylation sites (tertiary alicyclic amines) is 1. The van der Waals surface area contributed by atoms with Crippen LogP contribution in [-0.2, 0) is 14.3 Å². The zero-order valence-corrected chi connectivity index (χ0v) is 20.3. The van der Waals surface area contributed by atoms with Crippen LogP contribution in [0.15, 0.2) is 48.5 Å². The summed E-state index contributed by atoms with van der Waals surface area (Å²) in [6, 6.07) is 14.5. The van der Waals surface area contributed by atoms with E-state index in [1.807, 2.05) is 24.3 Å². The Kier molecular flexibility index (Phi) is 7.00. The SMILES string of the molecule is CC(C)(C)OC(=O)N[C@@H](C[C@H]1CCCN1C(=O)OCC1c2ccccc2-c2ccccc21)C(=O)[O-]. The molecule has 35 heavy (non-hydrogen) atoms. The summed E-state index contributed by atoms with van der Waals surface area (Å²) in [6.07, 6.45) is 0.0395. The Morgan fingerprint density at radius 1 is 1.06 bits per heavy atom. The average molecular weight is 480 g/mol. The fourth-order valence-corrected chi connectivity index (χ4v) is 4.93. The van der Waals surface area contributed by atoms with Gasteiger partial charge in [0, 0.05) is 18.5 Å².